The van der Waals surface area contributed by atoms with E-state index in [0.29, 0.717) is 0 Å². The Morgan fingerprint density at radius 2 is 2.00 bits per heavy atom. The number of aldehydes is 1. The first-order valence-electron chi connectivity index (χ1n) is 5.29. The minimum atomic E-state index is -0.114. The number of carbonyl (C=O) groups is 1. The van der Waals surface area contributed by atoms with Crippen LogP contribution >= 0.6 is 0 Å². The van der Waals surface area contributed by atoms with Gasteiger partial charge in [0.25, 0.3) is 0 Å². The summed E-state index contributed by atoms with van der Waals surface area (Å²) < 4.78 is 13.3. The molecule has 0 bridgehead atoms. The van der Waals surface area contributed by atoms with Crippen LogP contribution in [0.3, 0.4) is 0 Å². The maximum absolute atomic E-state index is 13.3. The van der Waals surface area contributed by atoms with Gasteiger partial charge >= 0.3 is 0 Å². The lowest BCUT2D eigenvalue weighted by Crippen LogP contribution is -1.86. The third-order valence-corrected chi connectivity index (χ3v) is 2.30. The van der Waals surface area contributed by atoms with Gasteiger partial charge in [0, 0.05) is 16.6 Å². The largest absolute Gasteiger partial charge is 0.359 e. The number of carbonyl (C=O) groups excluding carboxylic acids is 1. The van der Waals surface area contributed by atoms with Crippen LogP contribution in [0.2, 0.25) is 0 Å². The van der Waals surface area contributed by atoms with Crippen LogP contribution in [-0.2, 0) is 11.2 Å². The minimum absolute atomic E-state index is 0.114. The van der Waals surface area contributed by atoms with E-state index in [4.69, 9.17) is 4.79 Å². The Morgan fingerprint density at radius 1 is 1.38 bits per heavy atom. The molecule has 1 N–H and O–H groups in total. The number of hydrogen-bond acceptors (Lipinski definition) is 1. The van der Waals surface area contributed by atoms with Crippen molar-refractivity contribution in [3.63, 3.8) is 0 Å². The van der Waals surface area contributed by atoms with E-state index < -0.39 is 0 Å². The number of benzene rings is 1. The van der Waals surface area contributed by atoms with Gasteiger partial charge in [-0.2, -0.15) is 0 Å². The van der Waals surface area contributed by atoms with Crippen molar-refractivity contribution >= 4 is 17.2 Å². The highest BCUT2D eigenvalue weighted by atomic mass is 19.1. The summed E-state index contributed by atoms with van der Waals surface area (Å²) in [7, 11) is 0. The molecule has 0 saturated heterocycles. The lowest BCUT2D eigenvalue weighted by molar-refractivity contribution is -0.106. The van der Waals surface area contributed by atoms with Gasteiger partial charge in [0.1, 0.15) is 12.1 Å². The third-order valence-electron chi connectivity index (χ3n) is 2.30. The molecular formula is C13H16FNO. The zero-order valence-corrected chi connectivity index (χ0v) is 9.80. The van der Waals surface area contributed by atoms with Crippen molar-refractivity contribution in [2.75, 3.05) is 0 Å². The molecule has 1 aromatic heterocycles. The van der Waals surface area contributed by atoms with E-state index in [-0.39, 0.29) is 5.82 Å². The molecular weight excluding hydrogens is 205 g/mol. The van der Waals surface area contributed by atoms with E-state index in [9.17, 15) is 4.39 Å². The smallest absolute Gasteiger partial charge is 0.128 e. The summed E-state index contributed by atoms with van der Waals surface area (Å²) in [6.07, 6.45) is 1.49. The summed E-state index contributed by atoms with van der Waals surface area (Å²) in [4.78, 5) is 11.9. The number of hydrogen-bond donors (Lipinski definition) is 1. The highest BCUT2D eigenvalue weighted by Gasteiger charge is 2.04. The summed E-state index contributed by atoms with van der Waals surface area (Å²) in [5, 5.41) is 1.09. The second-order valence-corrected chi connectivity index (χ2v) is 3.57. The Labute approximate surface area is 94.5 Å². The molecule has 0 unspecified atom stereocenters. The van der Waals surface area contributed by atoms with E-state index in [1.54, 1.807) is 6.07 Å². The molecule has 2 aromatic rings. The second kappa shape index (κ2) is 5.45. The van der Waals surface area contributed by atoms with Gasteiger partial charge in [-0.1, -0.05) is 6.92 Å². The Kier molecular flexibility index (Phi) is 4.23. The SMILES string of the molecule is CC=O.CCc1cc2cc(C)[nH]c2cc1F. The van der Waals surface area contributed by atoms with Crippen molar-refractivity contribution in [2.24, 2.45) is 0 Å². The molecule has 0 atom stereocenters. The van der Waals surface area contributed by atoms with Crippen molar-refractivity contribution in [3.05, 3.63) is 35.3 Å². The predicted molar refractivity (Wildman–Crippen MR) is 64.1 cm³/mol. The molecule has 0 aliphatic heterocycles. The minimum Gasteiger partial charge on any atom is -0.359 e. The van der Waals surface area contributed by atoms with Crippen LogP contribution in [-0.4, -0.2) is 11.3 Å². The van der Waals surface area contributed by atoms with Crippen LogP contribution in [0, 0.1) is 12.7 Å². The van der Waals surface area contributed by atoms with Crippen LogP contribution in [0.25, 0.3) is 10.9 Å². The molecule has 1 heterocycles. The monoisotopic (exact) mass is 221 g/mol. The predicted octanol–water partition coefficient (Wildman–Crippen LogP) is 3.38. The zero-order chi connectivity index (χ0) is 12.1. The van der Waals surface area contributed by atoms with Gasteiger partial charge in [-0.05, 0) is 44.0 Å². The number of H-pyrrole nitrogens is 1. The van der Waals surface area contributed by atoms with Crippen LogP contribution in [0.4, 0.5) is 4.39 Å². The highest BCUT2D eigenvalue weighted by Crippen LogP contribution is 2.20. The lowest BCUT2D eigenvalue weighted by atomic mass is 10.1. The van der Waals surface area contributed by atoms with Crippen LogP contribution in [0.15, 0.2) is 18.2 Å². The van der Waals surface area contributed by atoms with Gasteiger partial charge in [-0.3, -0.25) is 0 Å². The van der Waals surface area contributed by atoms with Crippen molar-refractivity contribution in [1.29, 1.82) is 0 Å². The number of aromatic amines is 1. The molecule has 2 rings (SSSR count). The number of halogens is 1. The molecule has 2 nitrogen and oxygen atoms in total. The molecule has 0 aliphatic carbocycles. The average Bonchev–Trinajstić information content (AvgIpc) is 2.57. The van der Waals surface area contributed by atoms with Crippen molar-refractivity contribution in [1.82, 2.24) is 4.98 Å². The number of aryl methyl sites for hydroxylation is 2. The van der Waals surface area contributed by atoms with Crippen molar-refractivity contribution in [3.8, 4) is 0 Å². The first-order valence-corrected chi connectivity index (χ1v) is 5.29. The quantitative estimate of drug-likeness (QED) is 0.736. The summed E-state index contributed by atoms with van der Waals surface area (Å²) in [6, 6.07) is 5.52. The Balaban J connectivity index is 0.000000386. The molecule has 1 aromatic carbocycles. The van der Waals surface area contributed by atoms with Gasteiger partial charge in [-0.15, -0.1) is 0 Å². The number of nitrogens with one attached hydrogen (secondary N) is 1. The first kappa shape index (κ1) is 12.4. The molecule has 0 saturated carbocycles. The molecule has 86 valence electrons. The fourth-order valence-electron chi connectivity index (χ4n) is 1.62. The molecule has 0 aliphatic rings. The summed E-state index contributed by atoms with van der Waals surface area (Å²) in [5.74, 6) is -0.114. The van der Waals surface area contributed by atoms with Crippen molar-refractivity contribution < 1.29 is 9.18 Å². The molecule has 0 fully saturated rings. The van der Waals surface area contributed by atoms with Gasteiger partial charge in [0.05, 0.1) is 0 Å². The van der Waals surface area contributed by atoms with Crippen LogP contribution < -0.4 is 0 Å². The number of fused-ring (bicyclic) bond motifs is 1. The van der Waals surface area contributed by atoms with Crippen LogP contribution in [0.5, 0.6) is 0 Å². The maximum Gasteiger partial charge on any atom is 0.128 e. The zero-order valence-electron chi connectivity index (χ0n) is 9.80. The topological polar surface area (TPSA) is 32.9 Å². The standard InChI is InChI=1S/C11H12FN.C2H4O/c1-3-8-5-9-4-7(2)13-11(9)6-10(8)12;1-2-3/h4-6,13H,3H2,1-2H3;2H,1H3. The van der Waals surface area contributed by atoms with E-state index in [0.717, 1.165) is 34.9 Å². The van der Waals surface area contributed by atoms with E-state index >= 15 is 0 Å². The molecule has 0 amide bonds. The van der Waals surface area contributed by atoms with Gasteiger partial charge in [0.15, 0.2) is 0 Å². The lowest BCUT2D eigenvalue weighted by Gasteiger charge is -1.98. The number of aromatic nitrogens is 1. The van der Waals surface area contributed by atoms with Gasteiger partial charge in [0.2, 0.25) is 0 Å². The summed E-state index contributed by atoms with van der Waals surface area (Å²) in [6.45, 7) is 5.38. The Bertz CT molecular complexity index is 488. The fraction of sp³-hybridized carbons (Fsp3) is 0.308. The van der Waals surface area contributed by atoms with Gasteiger partial charge < -0.3 is 9.78 Å². The van der Waals surface area contributed by atoms with E-state index in [2.05, 4.69) is 4.98 Å². The first-order chi connectivity index (χ1) is 7.62. The highest BCUT2D eigenvalue weighted by molar-refractivity contribution is 5.81. The van der Waals surface area contributed by atoms with E-state index in [1.165, 1.54) is 6.92 Å². The summed E-state index contributed by atoms with van der Waals surface area (Å²) in [5.41, 5.74) is 2.74. The Hall–Kier alpha value is -1.64. The van der Waals surface area contributed by atoms with E-state index in [1.807, 2.05) is 26.0 Å². The van der Waals surface area contributed by atoms with Crippen LogP contribution in [0.1, 0.15) is 25.1 Å². The maximum atomic E-state index is 13.3. The number of rotatable bonds is 1. The molecule has 0 radical (unpaired) electrons. The second-order valence-electron chi connectivity index (χ2n) is 3.57. The third kappa shape index (κ3) is 2.69. The molecule has 0 spiro atoms. The molecule has 16 heavy (non-hydrogen) atoms. The van der Waals surface area contributed by atoms with Crippen molar-refractivity contribution in [2.45, 2.75) is 27.2 Å². The van der Waals surface area contributed by atoms with Gasteiger partial charge in [-0.25, -0.2) is 4.39 Å². The fourth-order valence-corrected chi connectivity index (χ4v) is 1.62. The average molecular weight is 221 g/mol. The normalized spacial score (nSPS) is 9.75. The summed E-state index contributed by atoms with van der Waals surface area (Å²) >= 11 is 0. The molecule has 3 heteroatoms. The Morgan fingerprint density at radius 3 is 2.56 bits per heavy atom.